The summed E-state index contributed by atoms with van der Waals surface area (Å²) in [7, 11) is 0. The van der Waals surface area contributed by atoms with E-state index in [9.17, 15) is 19.2 Å². The lowest BCUT2D eigenvalue weighted by atomic mass is 9.90. The predicted molar refractivity (Wildman–Crippen MR) is 193 cm³/mol. The molecule has 1 aromatic heterocycles. The smallest absolute Gasteiger partial charge is 0.243 e. The zero-order valence-electron chi connectivity index (χ0n) is 28.9. The lowest BCUT2D eigenvalue weighted by Gasteiger charge is -2.31. The van der Waals surface area contributed by atoms with Gasteiger partial charge in [-0.1, -0.05) is 24.5 Å². The molecule has 13 heteroatoms. The number of carbonyl (C=O) groups is 4. The molecule has 1 saturated heterocycles. The highest BCUT2D eigenvalue weighted by Crippen LogP contribution is 2.25. The Morgan fingerprint density at radius 3 is 2.54 bits per heavy atom. The summed E-state index contributed by atoms with van der Waals surface area (Å²) in [6, 6.07) is 3.00. The van der Waals surface area contributed by atoms with Gasteiger partial charge in [-0.3, -0.25) is 19.2 Å². The van der Waals surface area contributed by atoms with Crippen LogP contribution in [0.1, 0.15) is 68.9 Å². The van der Waals surface area contributed by atoms with Crippen molar-refractivity contribution in [2.24, 2.45) is 11.7 Å². The van der Waals surface area contributed by atoms with Crippen molar-refractivity contribution in [3.63, 3.8) is 0 Å². The molecule has 4 atom stereocenters. The van der Waals surface area contributed by atoms with Gasteiger partial charge in [0.2, 0.25) is 23.6 Å². The van der Waals surface area contributed by atoms with E-state index < -0.39 is 29.9 Å². The summed E-state index contributed by atoms with van der Waals surface area (Å²) in [6.45, 7) is 6.30. The molecule has 268 valence electrons. The number of amides is 4. The van der Waals surface area contributed by atoms with Crippen LogP contribution in [0.5, 0.6) is 0 Å². The minimum absolute atomic E-state index is 0.184. The number of fused-ring (bicyclic) bond motifs is 1. The van der Waals surface area contributed by atoms with Crippen molar-refractivity contribution < 1.29 is 23.9 Å². The number of hydrogen-bond donors (Lipinski definition) is 6. The van der Waals surface area contributed by atoms with Crippen molar-refractivity contribution in [1.82, 2.24) is 31.6 Å². The second kappa shape index (κ2) is 18.1. The van der Waals surface area contributed by atoms with Gasteiger partial charge in [0.15, 0.2) is 0 Å². The largest absolute Gasteiger partial charge is 0.492 e. The molecule has 2 aliphatic heterocycles. The lowest BCUT2D eigenvalue weighted by molar-refractivity contribution is -0.134. The van der Waals surface area contributed by atoms with Crippen LogP contribution in [0, 0.1) is 12.8 Å². The molecule has 2 aromatic rings. The Morgan fingerprint density at radius 1 is 1.00 bits per heavy atom. The van der Waals surface area contributed by atoms with E-state index in [1.165, 1.54) is 11.3 Å². The normalized spacial score (nSPS) is 18.9. The summed E-state index contributed by atoms with van der Waals surface area (Å²) in [4.78, 5) is 59.2. The fourth-order valence-electron chi connectivity index (χ4n) is 6.48. The molecule has 3 heterocycles. The summed E-state index contributed by atoms with van der Waals surface area (Å²) in [5, 5.41) is 16.0. The zero-order chi connectivity index (χ0) is 35.5. The Bertz CT molecular complexity index is 1680. The van der Waals surface area contributed by atoms with Gasteiger partial charge in [-0.05, 0) is 94.8 Å². The minimum Gasteiger partial charge on any atom is -0.492 e. The highest BCUT2D eigenvalue weighted by molar-refractivity contribution is 7.18. The molecule has 1 aliphatic carbocycles. The summed E-state index contributed by atoms with van der Waals surface area (Å²) in [5.74, 6) is -0.641. The maximum absolute atomic E-state index is 14.1. The van der Waals surface area contributed by atoms with Gasteiger partial charge in [-0.2, -0.15) is 0 Å². The van der Waals surface area contributed by atoms with E-state index in [0.717, 1.165) is 47.3 Å². The van der Waals surface area contributed by atoms with Crippen LogP contribution in [0.2, 0.25) is 0 Å². The Balaban J connectivity index is 1.33. The monoisotopic (exact) mass is 703 g/mol. The summed E-state index contributed by atoms with van der Waals surface area (Å²) >= 11 is 1.48. The third kappa shape index (κ3) is 10.2. The number of hydrogen-bond acceptors (Lipinski definition) is 9. The molecule has 4 amide bonds. The van der Waals surface area contributed by atoms with E-state index in [2.05, 4.69) is 38.0 Å². The summed E-state index contributed by atoms with van der Waals surface area (Å²) in [6.07, 6.45) is 8.28. The first-order valence-corrected chi connectivity index (χ1v) is 18.6. The molecule has 5 rings (SSSR count). The van der Waals surface area contributed by atoms with E-state index in [4.69, 9.17) is 15.5 Å². The lowest BCUT2D eigenvalue weighted by Crippen LogP contribution is -2.58. The van der Waals surface area contributed by atoms with Crippen LogP contribution in [0.3, 0.4) is 0 Å². The number of thiazole rings is 1. The molecule has 12 nitrogen and oxygen atoms in total. The van der Waals surface area contributed by atoms with Crippen molar-refractivity contribution in [1.29, 1.82) is 0 Å². The number of aromatic nitrogens is 1. The first-order chi connectivity index (χ1) is 24.2. The first-order valence-electron chi connectivity index (χ1n) is 17.8. The molecule has 0 unspecified atom stereocenters. The van der Waals surface area contributed by atoms with Gasteiger partial charge in [0.25, 0.3) is 0 Å². The van der Waals surface area contributed by atoms with Crippen LogP contribution in [-0.4, -0.2) is 79.0 Å². The predicted octanol–water partition coefficient (Wildman–Crippen LogP) is 2.57. The molecule has 0 spiro atoms. The quantitative estimate of drug-likeness (QED) is 0.114. The molecule has 0 saturated carbocycles. The highest BCUT2D eigenvalue weighted by Gasteiger charge is 2.33. The topological polar surface area (TPSA) is 177 Å². The van der Waals surface area contributed by atoms with Crippen molar-refractivity contribution in [2.75, 3.05) is 26.2 Å². The fourth-order valence-corrected chi connectivity index (χ4v) is 7.59. The van der Waals surface area contributed by atoms with Gasteiger partial charge >= 0.3 is 0 Å². The number of nitrogens with two attached hydrogens (primary N) is 1. The maximum Gasteiger partial charge on any atom is 0.243 e. The summed E-state index contributed by atoms with van der Waals surface area (Å²) in [5.41, 5.74) is 14.3. The van der Waals surface area contributed by atoms with Gasteiger partial charge in [-0.15, -0.1) is 11.3 Å². The number of benzene rings is 1. The molecule has 1 aromatic carbocycles. The van der Waals surface area contributed by atoms with Gasteiger partial charge in [0.1, 0.15) is 23.9 Å². The van der Waals surface area contributed by atoms with Crippen molar-refractivity contribution in [2.45, 2.75) is 95.8 Å². The molecular weight excluding hydrogens is 655 g/mol. The van der Waals surface area contributed by atoms with Crippen molar-refractivity contribution in [3.05, 3.63) is 63.7 Å². The average molecular weight is 704 g/mol. The minimum atomic E-state index is -0.932. The molecule has 50 heavy (non-hydrogen) atoms. The molecular formula is C37H49N7O5S. The van der Waals surface area contributed by atoms with Crippen molar-refractivity contribution >= 4 is 45.2 Å². The Morgan fingerprint density at radius 2 is 1.76 bits per heavy atom. The average Bonchev–Trinajstić information content (AvgIpc) is 3.52. The van der Waals surface area contributed by atoms with Gasteiger partial charge in [0.05, 0.1) is 27.9 Å². The number of nitrogens with zero attached hydrogens (tertiary/aromatic N) is 1. The van der Waals surface area contributed by atoms with Crippen LogP contribution >= 0.6 is 11.3 Å². The van der Waals surface area contributed by atoms with Crippen LogP contribution in [0.15, 0.2) is 53.1 Å². The number of aryl methyl sites for hydroxylation is 1. The number of nitrogens with one attached hydrogen (secondary N) is 5. The van der Waals surface area contributed by atoms with Crippen LogP contribution in [0.25, 0.3) is 10.2 Å². The van der Waals surface area contributed by atoms with E-state index >= 15 is 0 Å². The van der Waals surface area contributed by atoms with E-state index in [1.807, 2.05) is 25.1 Å². The Hall–Kier alpha value is -4.25. The SMILES string of the molecule is CCC(=O)N[C@@H](Cc1nc2ccc(C)cc2s1)C(=O)N[C@@H](CC1CCNCC1)C(=O)N[C@@H](CCCCN)C(=O)N[C@@H]1CCOC2=C1C=C=C=C2. The molecule has 0 radical (unpaired) electrons. The van der Waals surface area contributed by atoms with E-state index in [-0.39, 0.29) is 36.6 Å². The second-order valence-corrected chi connectivity index (χ2v) is 14.3. The maximum atomic E-state index is 14.1. The number of ether oxygens (including phenoxy) is 1. The fraction of sp³-hybridized carbons (Fsp3) is 0.541. The van der Waals surface area contributed by atoms with Crippen LogP contribution in [0.4, 0.5) is 0 Å². The van der Waals surface area contributed by atoms with Crippen LogP contribution in [-0.2, 0) is 30.3 Å². The molecule has 1 fully saturated rings. The van der Waals surface area contributed by atoms with Crippen molar-refractivity contribution in [3.8, 4) is 0 Å². The first kappa shape index (κ1) is 37.0. The highest BCUT2D eigenvalue weighted by atomic mass is 32.1. The third-order valence-corrected chi connectivity index (χ3v) is 10.4. The summed E-state index contributed by atoms with van der Waals surface area (Å²) < 4.78 is 6.73. The molecule has 7 N–H and O–H groups in total. The van der Waals surface area contributed by atoms with E-state index in [1.54, 1.807) is 19.1 Å². The third-order valence-electron chi connectivity index (χ3n) is 9.34. The van der Waals surface area contributed by atoms with E-state index in [0.29, 0.717) is 56.0 Å². The second-order valence-electron chi connectivity index (χ2n) is 13.2. The standard InChI is InChI=1S/C37H49N7O5S/c1-3-33(45)40-30(22-34-41-27-12-11-23(2)20-32(27)50-34)37(48)44-29(21-24-13-17-39-18-14-24)36(47)43-28(9-6-7-16-38)35(46)42-26-15-19-49-31-10-5-4-8-25(26)31/h8,10-12,20,24,26,28-30,39H,3,6-7,9,13-19,21-22,38H2,1-2H3,(H,40,45)(H,42,46)(H,43,47)(H,44,48)/t26-,28+,29+,30+/m1/s1. The molecule has 3 aliphatic rings. The number of allylic oxidation sites excluding steroid dienone is 1. The zero-order valence-corrected chi connectivity index (χ0v) is 29.8. The Kier molecular flexibility index (Phi) is 13.4. The number of piperidine rings is 1. The van der Waals surface area contributed by atoms with Gasteiger partial charge in [-0.25, -0.2) is 4.98 Å². The Labute approximate surface area is 297 Å². The number of unbranched alkanes of at least 4 members (excludes halogenated alkanes) is 1. The number of rotatable bonds is 16. The number of carbonyl (C=O) groups excluding carboxylic acids is 4. The van der Waals surface area contributed by atoms with Gasteiger partial charge < -0.3 is 37.1 Å². The molecule has 0 bridgehead atoms. The van der Waals surface area contributed by atoms with Crippen LogP contribution < -0.4 is 32.3 Å². The van der Waals surface area contributed by atoms with Gasteiger partial charge in [0, 0.05) is 30.9 Å².